The minimum absolute atomic E-state index is 0. The Morgan fingerprint density at radius 3 is 0.900 bits per heavy atom. The van der Waals surface area contributed by atoms with Crippen molar-refractivity contribution in [2.24, 2.45) is 11.5 Å². The number of rotatable bonds is 1. The van der Waals surface area contributed by atoms with Crippen LogP contribution in [0, 0.1) is 0 Å². The Bertz CT molecular complexity index is 70.7. The van der Waals surface area contributed by atoms with Gasteiger partial charge in [-0.3, -0.25) is 0 Å². The molecule has 4 heteroatoms. The first-order valence-electron chi connectivity index (χ1n) is 2.83. The maximum Gasteiger partial charge on any atom is 1.00 e. The van der Waals surface area contributed by atoms with Crippen molar-refractivity contribution < 1.29 is 35.0 Å². The Labute approximate surface area is 85.1 Å². The van der Waals surface area contributed by atoms with Gasteiger partial charge in [0.25, 0.3) is 0 Å². The molecular formula is C6H17N2NaO. The summed E-state index contributed by atoms with van der Waals surface area (Å²) < 4.78 is 0. The summed E-state index contributed by atoms with van der Waals surface area (Å²) in [5, 5.41) is 0. The molecule has 0 spiro atoms. The van der Waals surface area contributed by atoms with E-state index in [1.54, 1.807) is 0 Å². The third kappa shape index (κ3) is 5.65. The molecule has 0 aliphatic rings. The zero-order valence-electron chi connectivity index (χ0n) is 7.60. The predicted octanol–water partition coefficient (Wildman–Crippen LogP) is -2.71. The van der Waals surface area contributed by atoms with Crippen LogP contribution in [-0.2, 0) is 0 Å². The van der Waals surface area contributed by atoms with Crippen LogP contribution in [0.25, 0.3) is 0 Å². The van der Waals surface area contributed by atoms with Crippen molar-refractivity contribution in [2.75, 3.05) is 0 Å². The van der Waals surface area contributed by atoms with Gasteiger partial charge in [0.15, 0.2) is 0 Å². The molecule has 0 fully saturated rings. The molecule has 0 aromatic rings. The molecule has 0 radical (unpaired) electrons. The van der Waals surface area contributed by atoms with Gasteiger partial charge in [-0.05, 0) is 27.7 Å². The van der Waals surface area contributed by atoms with Crippen LogP contribution >= 0.6 is 0 Å². The van der Waals surface area contributed by atoms with E-state index < -0.39 is 0 Å². The van der Waals surface area contributed by atoms with E-state index in [0.29, 0.717) is 0 Å². The molecule has 5 N–H and O–H groups in total. The van der Waals surface area contributed by atoms with Crippen molar-refractivity contribution in [1.29, 1.82) is 0 Å². The molecule has 0 aromatic heterocycles. The quantitative estimate of drug-likeness (QED) is 0.405. The van der Waals surface area contributed by atoms with Gasteiger partial charge in [-0.15, -0.1) is 0 Å². The number of hydrogen-bond donors (Lipinski definition) is 2. The van der Waals surface area contributed by atoms with Gasteiger partial charge in [0.2, 0.25) is 0 Å². The summed E-state index contributed by atoms with van der Waals surface area (Å²) >= 11 is 0. The summed E-state index contributed by atoms with van der Waals surface area (Å²) in [7, 11) is 0. The summed E-state index contributed by atoms with van der Waals surface area (Å²) in [5.74, 6) is 0. The second-order valence-electron chi connectivity index (χ2n) is 3.44. The number of nitrogens with two attached hydrogens (primary N) is 2. The summed E-state index contributed by atoms with van der Waals surface area (Å²) in [6.45, 7) is 7.69. The molecule has 0 aliphatic carbocycles. The van der Waals surface area contributed by atoms with Crippen LogP contribution < -0.4 is 41.0 Å². The molecule has 3 nitrogen and oxygen atoms in total. The molecule has 0 rings (SSSR count). The Morgan fingerprint density at radius 1 is 0.800 bits per heavy atom. The van der Waals surface area contributed by atoms with Crippen molar-refractivity contribution in [2.45, 2.75) is 38.8 Å². The third-order valence-corrected chi connectivity index (χ3v) is 1.66. The Kier molecular flexibility index (Phi) is 8.03. The zero-order valence-corrected chi connectivity index (χ0v) is 9.60. The van der Waals surface area contributed by atoms with Crippen LogP contribution in [0.5, 0.6) is 0 Å². The van der Waals surface area contributed by atoms with Gasteiger partial charge in [0, 0.05) is 11.1 Å². The molecule has 58 valence electrons. The largest absolute Gasteiger partial charge is 1.00 e. The van der Waals surface area contributed by atoms with Gasteiger partial charge in [0.05, 0.1) is 0 Å². The smallest absolute Gasteiger partial charge is 0.870 e. The summed E-state index contributed by atoms with van der Waals surface area (Å²) in [6, 6.07) is 0. The molecule has 0 unspecified atom stereocenters. The first kappa shape index (κ1) is 17.1. The van der Waals surface area contributed by atoms with E-state index in [9.17, 15) is 0 Å². The first-order chi connectivity index (χ1) is 3.25. The molecule has 0 atom stereocenters. The summed E-state index contributed by atoms with van der Waals surface area (Å²) in [6.07, 6.45) is 0. The monoisotopic (exact) mass is 156 g/mol. The van der Waals surface area contributed by atoms with Gasteiger partial charge in [0.1, 0.15) is 0 Å². The fraction of sp³-hybridized carbons (Fsp3) is 1.00. The SMILES string of the molecule is CC(C)(N)C(C)(C)N.[Na+].[OH-]. The average Bonchev–Trinajstić information content (AvgIpc) is 1.25. The maximum absolute atomic E-state index is 5.69. The summed E-state index contributed by atoms with van der Waals surface area (Å²) in [5.41, 5.74) is 10.8. The van der Waals surface area contributed by atoms with Crippen molar-refractivity contribution in [3.8, 4) is 0 Å². The van der Waals surface area contributed by atoms with Gasteiger partial charge in [-0.1, -0.05) is 0 Å². The van der Waals surface area contributed by atoms with E-state index in [0.717, 1.165) is 0 Å². The minimum Gasteiger partial charge on any atom is -0.870 e. The fourth-order valence-corrected chi connectivity index (χ4v) is 0. The maximum atomic E-state index is 5.69. The normalized spacial score (nSPS) is 11.4. The summed E-state index contributed by atoms with van der Waals surface area (Å²) in [4.78, 5) is 0. The Morgan fingerprint density at radius 2 is 0.900 bits per heavy atom. The van der Waals surface area contributed by atoms with E-state index >= 15 is 0 Å². The van der Waals surface area contributed by atoms with Gasteiger partial charge >= 0.3 is 29.6 Å². The molecular weight excluding hydrogens is 139 g/mol. The van der Waals surface area contributed by atoms with E-state index in [1.165, 1.54) is 0 Å². The average molecular weight is 156 g/mol. The van der Waals surface area contributed by atoms with E-state index in [4.69, 9.17) is 11.5 Å². The zero-order chi connectivity index (χ0) is 7.00. The van der Waals surface area contributed by atoms with Crippen molar-refractivity contribution in [3.05, 3.63) is 0 Å². The molecule has 10 heavy (non-hydrogen) atoms. The van der Waals surface area contributed by atoms with Crippen LogP contribution in [0.1, 0.15) is 27.7 Å². The van der Waals surface area contributed by atoms with Crippen LogP contribution in [0.15, 0.2) is 0 Å². The molecule has 0 saturated carbocycles. The van der Waals surface area contributed by atoms with Gasteiger partial charge in [-0.25, -0.2) is 0 Å². The van der Waals surface area contributed by atoms with Crippen molar-refractivity contribution in [1.82, 2.24) is 0 Å². The number of hydrogen-bond acceptors (Lipinski definition) is 3. The second-order valence-corrected chi connectivity index (χ2v) is 3.44. The van der Waals surface area contributed by atoms with Crippen molar-refractivity contribution in [3.63, 3.8) is 0 Å². The Balaban J connectivity index is -0.000000245. The standard InChI is InChI=1S/C6H16N2.Na.H2O/c1-5(2,7)6(3,4)8;;/h7-8H2,1-4H3;;1H2/q;+1;/p-1. The van der Waals surface area contributed by atoms with E-state index in [1.807, 2.05) is 27.7 Å². The topological polar surface area (TPSA) is 82.0 Å². The van der Waals surface area contributed by atoms with E-state index in [-0.39, 0.29) is 46.1 Å². The van der Waals surface area contributed by atoms with Crippen LogP contribution in [0.4, 0.5) is 0 Å². The molecule has 0 bridgehead atoms. The van der Waals surface area contributed by atoms with Crippen LogP contribution in [0.3, 0.4) is 0 Å². The predicted molar refractivity (Wildman–Crippen MR) is 38.5 cm³/mol. The molecule has 0 aromatic carbocycles. The fourth-order valence-electron chi connectivity index (χ4n) is 0. The second kappa shape index (κ2) is 4.70. The molecule has 0 heterocycles. The third-order valence-electron chi connectivity index (χ3n) is 1.66. The van der Waals surface area contributed by atoms with Crippen LogP contribution in [0.2, 0.25) is 0 Å². The van der Waals surface area contributed by atoms with Gasteiger partial charge < -0.3 is 16.9 Å². The minimum atomic E-state index is -0.285. The molecule has 0 amide bonds. The Hall–Kier alpha value is 0.880. The van der Waals surface area contributed by atoms with Gasteiger partial charge in [-0.2, -0.15) is 0 Å². The van der Waals surface area contributed by atoms with E-state index in [2.05, 4.69) is 0 Å². The molecule has 0 aliphatic heterocycles. The van der Waals surface area contributed by atoms with Crippen LogP contribution in [-0.4, -0.2) is 16.6 Å². The van der Waals surface area contributed by atoms with Crippen molar-refractivity contribution >= 4 is 0 Å². The first-order valence-corrected chi connectivity index (χ1v) is 2.83. The molecule has 0 saturated heterocycles.